The Morgan fingerprint density at radius 1 is 0.667 bits per heavy atom. The van der Waals surface area contributed by atoms with Gasteiger partial charge < -0.3 is 0 Å². The maximum atomic E-state index is 4.73. The van der Waals surface area contributed by atoms with Crippen LogP contribution in [-0.2, 0) is 0 Å². The molecule has 0 spiro atoms. The van der Waals surface area contributed by atoms with Gasteiger partial charge in [-0.3, -0.25) is 0 Å². The average molecular weight is 333 g/mol. The molecule has 0 saturated heterocycles. The predicted octanol–water partition coefficient (Wildman–Crippen LogP) is 5.24. The summed E-state index contributed by atoms with van der Waals surface area (Å²) in [6.45, 7) is 0. The highest BCUT2D eigenvalue weighted by Crippen LogP contribution is 2.34. The van der Waals surface area contributed by atoms with Gasteiger partial charge in [-0.2, -0.15) is 0 Å². The van der Waals surface area contributed by atoms with Gasteiger partial charge in [0.2, 0.25) is 0 Å². The third-order valence-corrected chi connectivity index (χ3v) is 5.45. The highest BCUT2D eigenvalue weighted by Gasteiger charge is 2.19. The molecular weight excluding hydrogens is 314 g/mol. The molecule has 1 saturated carbocycles. The van der Waals surface area contributed by atoms with Crippen LogP contribution in [0.25, 0.3) is 22.8 Å². The fourth-order valence-corrected chi connectivity index (χ4v) is 4.14. The maximum Gasteiger partial charge on any atom is 0.191 e. The SMILES string of the molecule is c1ccc(-c2nc(SC3CCCC3)nc(-c3ccccc3)n2)cc1. The van der Waals surface area contributed by atoms with Crippen LogP contribution >= 0.6 is 11.8 Å². The van der Waals surface area contributed by atoms with Crippen molar-refractivity contribution in [3.8, 4) is 22.8 Å². The van der Waals surface area contributed by atoms with Crippen molar-refractivity contribution in [2.24, 2.45) is 0 Å². The topological polar surface area (TPSA) is 38.7 Å². The molecule has 0 aliphatic heterocycles. The van der Waals surface area contributed by atoms with Gasteiger partial charge in [0, 0.05) is 16.4 Å². The van der Waals surface area contributed by atoms with Gasteiger partial charge in [0.15, 0.2) is 16.8 Å². The minimum absolute atomic E-state index is 0.639. The van der Waals surface area contributed by atoms with Crippen LogP contribution in [0.15, 0.2) is 65.8 Å². The van der Waals surface area contributed by atoms with Crippen molar-refractivity contribution in [1.82, 2.24) is 15.0 Å². The van der Waals surface area contributed by atoms with E-state index in [1.807, 2.05) is 60.7 Å². The first kappa shape index (κ1) is 15.3. The molecule has 0 amide bonds. The summed E-state index contributed by atoms with van der Waals surface area (Å²) < 4.78 is 0. The Morgan fingerprint density at radius 2 is 1.17 bits per heavy atom. The second-order valence-corrected chi connectivity index (χ2v) is 7.29. The van der Waals surface area contributed by atoms with Crippen LogP contribution in [0, 0.1) is 0 Å². The third kappa shape index (κ3) is 3.49. The second-order valence-electron chi connectivity index (χ2n) is 6.02. The molecule has 3 aromatic rings. The molecule has 4 rings (SSSR count). The van der Waals surface area contributed by atoms with Gasteiger partial charge in [-0.15, -0.1) is 0 Å². The molecule has 1 fully saturated rings. The Morgan fingerprint density at radius 3 is 1.67 bits per heavy atom. The van der Waals surface area contributed by atoms with E-state index < -0.39 is 0 Å². The second kappa shape index (κ2) is 7.14. The summed E-state index contributed by atoms with van der Waals surface area (Å²) in [7, 11) is 0. The number of nitrogens with zero attached hydrogens (tertiary/aromatic N) is 3. The Kier molecular flexibility index (Phi) is 4.56. The summed E-state index contributed by atoms with van der Waals surface area (Å²) in [6, 6.07) is 20.3. The van der Waals surface area contributed by atoms with E-state index in [0.29, 0.717) is 5.25 Å². The molecule has 0 atom stereocenters. The molecule has 24 heavy (non-hydrogen) atoms. The van der Waals surface area contributed by atoms with Crippen molar-refractivity contribution in [1.29, 1.82) is 0 Å². The van der Waals surface area contributed by atoms with Crippen LogP contribution in [0.1, 0.15) is 25.7 Å². The lowest BCUT2D eigenvalue weighted by molar-refractivity contribution is 0.873. The van der Waals surface area contributed by atoms with Crippen LogP contribution < -0.4 is 0 Å². The Labute approximate surface area is 146 Å². The summed E-state index contributed by atoms with van der Waals surface area (Å²) in [5.41, 5.74) is 2.07. The lowest BCUT2D eigenvalue weighted by atomic mass is 10.2. The van der Waals surface area contributed by atoms with Crippen molar-refractivity contribution in [2.75, 3.05) is 0 Å². The summed E-state index contributed by atoms with van der Waals surface area (Å²) >= 11 is 1.81. The molecule has 1 heterocycles. The molecule has 0 unspecified atom stereocenters. The van der Waals surface area contributed by atoms with Gasteiger partial charge in [-0.1, -0.05) is 85.3 Å². The Hall–Kier alpha value is -2.20. The van der Waals surface area contributed by atoms with E-state index in [9.17, 15) is 0 Å². The summed E-state index contributed by atoms with van der Waals surface area (Å²) in [5.74, 6) is 1.51. The quantitative estimate of drug-likeness (QED) is 0.654. The number of hydrogen-bond donors (Lipinski definition) is 0. The Balaban J connectivity index is 1.75. The van der Waals surface area contributed by atoms with Gasteiger partial charge >= 0.3 is 0 Å². The third-order valence-electron chi connectivity index (χ3n) is 4.25. The first-order chi connectivity index (χ1) is 11.9. The van der Waals surface area contributed by atoms with E-state index in [1.54, 1.807) is 11.8 Å². The molecule has 1 aliphatic rings. The van der Waals surface area contributed by atoms with E-state index in [0.717, 1.165) is 27.9 Å². The zero-order valence-corrected chi connectivity index (χ0v) is 14.2. The first-order valence-electron chi connectivity index (χ1n) is 8.42. The number of rotatable bonds is 4. The van der Waals surface area contributed by atoms with Gasteiger partial charge in [0.05, 0.1) is 0 Å². The molecule has 0 N–H and O–H groups in total. The van der Waals surface area contributed by atoms with Crippen molar-refractivity contribution in [3.05, 3.63) is 60.7 Å². The molecule has 0 bridgehead atoms. The molecule has 2 aromatic carbocycles. The highest BCUT2D eigenvalue weighted by molar-refractivity contribution is 7.99. The zero-order chi connectivity index (χ0) is 16.2. The van der Waals surface area contributed by atoms with E-state index in [1.165, 1.54) is 25.7 Å². The number of thioether (sulfide) groups is 1. The van der Waals surface area contributed by atoms with Crippen LogP contribution in [0.5, 0.6) is 0 Å². The summed E-state index contributed by atoms with van der Waals surface area (Å²) in [5, 5.41) is 1.48. The molecule has 4 heteroatoms. The standard InChI is InChI=1S/C20H19N3S/c1-3-9-15(10-4-1)18-21-19(16-11-5-2-6-12-16)23-20(22-18)24-17-13-7-8-14-17/h1-6,9-12,17H,7-8,13-14H2. The molecule has 1 aromatic heterocycles. The fraction of sp³-hybridized carbons (Fsp3) is 0.250. The fourth-order valence-electron chi connectivity index (χ4n) is 3.00. The minimum atomic E-state index is 0.639. The van der Waals surface area contributed by atoms with E-state index >= 15 is 0 Å². The summed E-state index contributed by atoms with van der Waals surface area (Å²) in [4.78, 5) is 14.2. The van der Waals surface area contributed by atoms with Gasteiger partial charge in [0.25, 0.3) is 0 Å². The zero-order valence-electron chi connectivity index (χ0n) is 13.4. The molecule has 0 radical (unpaired) electrons. The van der Waals surface area contributed by atoms with E-state index in [4.69, 9.17) is 15.0 Å². The first-order valence-corrected chi connectivity index (χ1v) is 9.30. The van der Waals surface area contributed by atoms with Crippen molar-refractivity contribution >= 4 is 11.8 Å². The maximum absolute atomic E-state index is 4.73. The normalized spacial score (nSPS) is 14.8. The molecule has 1 aliphatic carbocycles. The van der Waals surface area contributed by atoms with E-state index in [-0.39, 0.29) is 0 Å². The van der Waals surface area contributed by atoms with Crippen LogP contribution in [0.3, 0.4) is 0 Å². The number of benzene rings is 2. The number of aromatic nitrogens is 3. The van der Waals surface area contributed by atoms with Gasteiger partial charge in [0.1, 0.15) is 0 Å². The smallest absolute Gasteiger partial charge is 0.191 e. The van der Waals surface area contributed by atoms with Crippen molar-refractivity contribution in [2.45, 2.75) is 36.1 Å². The van der Waals surface area contributed by atoms with Crippen LogP contribution in [0.2, 0.25) is 0 Å². The molecule has 3 nitrogen and oxygen atoms in total. The monoisotopic (exact) mass is 333 g/mol. The Bertz CT molecular complexity index is 742. The van der Waals surface area contributed by atoms with Gasteiger partial charge in [-0.05, 0) is 12.8 Å². The summed E-state index contributed by atoms with van der Waals surface area (Å²) in [6.07, 6.45) is 5.16. The van der Waals surface area contributed by atoms with Crippen LogP contribution in [-0.4, -0.2) is 20.2 Å². The van der Waals surface area contributed by atoms with Gasteiger partial charge in [-0.25, -0.2) is 15.0 Å². The lowest BCUT2D eigenvalue weighted by Crippen LogP contribution is -2.02. The predicted molar refractivity (Wildman–Crippen MR) is 98.8 cm³/mol. The highest BCUT2D eigenvalue weighted by atomic mass is 32.2. The minimum Gasteiger partial charge on any atom is -0.208 e. The van der Waals surface area contributed by atoms with E-state index in [2.05, 4.69) is 0 Å². The van der Waals surface area contributed by atoms with Crippen molar-refractivity contribution < 1.29 is 0 Å². The average Bonchev–Trinajstić information content (AvgIpc) is 3.16. The lowest BCUT2D eigenvalue weighted by Gasteiger charge is -2.10. The molecular formula is C20H19N3S. The number of hydrogen-bond acceptors (Lipinski definition) is 4. The van der Waals surface area contributed by atoms with Crippen LogP contribution in [0.4, 0.5) is 0 Å². The molecule has 120 valence electrons. The van der Waals surface area contributed by atoms with Crippen molar-refractivity contribution in [3.63, 3.8) is 0 Å². The largest absolute Gasteiger partial charge is 0.208 e.